The summed E-state index contributed by atoms with van der Waals surface area (Å²) in [5.74, 6) is 0. The molecule has 1 fully saturated rings. The Morgan fingerprint density at radius 1 is 1.28 bits per heavy atom. The molecule has 18 heavy (non-hydrogen) atoms. The van der Waals surface area contributed by atoms with E-state index >= 15 is 0 Å². The molecule has 0 bridgehead atoms. The van der Waals surface area contributed by atoms with Crippen molar-refractivity contribution in [3.05, 3.63) is 17.0 Å². The van der Waals surface area contributed by atoms with Gasteiger partial charge in [-0.2, -0.15) is 5.10 Å². The highest BCUT2D eigenvalue weighted by molar-refractivity contribution is 5.25. The van der Waals surface area contributed by atoms with E-state index in [1.807, 2.05) is 0 Å². The first-order valence-corrected chi connectivity index (χ1v) is 7.37. The Bertz CT molecular complexity index is 387. The Morgan fingerprint density at radius 3 is 2.56 bits per heavy atom. The van der Waals surface area contributed by atoms with Gasteiger partial charge in [-0.1, -0.05) is 26.7 Å². The number of aromatic nitrogens is 2. The second-order valence-corrected chi connectivity index (χ2v) is 5.89. The van der Waals surface area contributed by atoms with Crippen molar-refractivity contribution in [1.29, 1.82) is 0 Å². The number of aryl methyl sites for hydroxylation is 1. The molecule has 1 aromatic heterocycles. The highest BCUT2D eigenvalue weighted by Gasteiger charge is 2.21. The maximum Gasteiger partial charge on any atom is 0.0629 e. The number of hydrogen-bond acceptors (Lipinski definition) is 2. The third kappa shape index (κ3) is 2.94. The molecule has 1 aromatic rings. The molecule has 102 valence electrons. The largest absolute Gasteiger partial charge is 0.314 e. The van der Waals surface area contributed by atoms with Crippen LogP contribution in [0.15, 0.2) is 0 Å². The van der Waals surface area contributed by atoms with Gasteiger partial charge in [0, 0.05) is 11.7 Å². The lowest BCUT2D eigenvalue weighted by Gasteiger charge is -2.13. The summed E-state index contributed by atoms with van der Waals surface area (Å²) in [7, 11) is 0. The Hall–Kier alpha value is -0.830. The minimum absolute atomic E-state index is 0.565. The van der Waals surface area contributed by atoms with Gasteiger partial charge in [0.15, 0.2) is 0 Å². The first-order valence-electron chi connectivity index (χ1n) is 7.37. The van der Waals surface area contributed by atoms with Crippen LogP contribution < -0.4 is 5.32 Å². The van der Waals surface area contributed by atoms with Crippen LogP contribution >= 0.6 is 0 Å². The van der Waals surface area contributed by atoms with Gasteiger partial charge in [0.25, 0.3) is 0 Å². The van der Waals surface area contributed by atoms with Crippen molar-refractivity contribution in [2.24, 2.45) is 0 Å². The van der Waals surface area contributed by atoms with Crippen molar-refractivity contribution >= 4 is 0 Å². The van der Waals surface area contributed by atoms with E-state index in [9.17, 15) is 0 Å². The summed E-state index contributed by atoms with van der Waals surface area (Å²) in [6.45, 7) is 9.84. The van der Waals surface area contributed by atoms with Gasteiger partial charge in [-0.05, 0) is 45.2 Å². The monoisotopic (exact) mass is 249 g/mol. The molecular weight excluding hydrogens is 222 g/mol. The highest BCUT2D eigenvalue weighted by atomic mass is 15.3. The maximum absolute atomic E-state index is 4.78. The predicted octanol–water partition coefficient (Wildman–Crippen LogP) is 3.16. The lowest BCUT2D eigenvalue weighted by Crippen LogP contribution is -2.25. The van der Waals surface area contributed by atoms with Gasteiger partial charge < -0.3 is 5.32 Å². The van der Waals surface area contributed by atoms with Crippen molar-refractivity contribution in [1.82, 2.24) is 15.1 Å². The molecular formula is C15H27N3. The molecule has 0 atom stereocenters. The lowest BCUT2D eigenvalue weighted by atomic mass is 10.1. The standard InChI is InChI=1S/C15H27N3/c1-11(2)16-10-9-15-12(3)17-18(13(15)4)14-7-5-6-8-14/h11,14,16H,5-10H2,1-4H3. The molecule has 1 saturated carbocycles. The molecule has 0 spiro atoms. The van der Waals surface area contributed by atoms with E-state index in [0.29, 0.717) is 12.1 Å². The fourth-order valence-corrected chi connectivity index (χ4v) is 3.05. The van der Waals surface area contributed by atoms with Crippen molar-refractivity contribution in [3.63, 3.8) is 0 Å². The van der Waals surface area contributed by atoms with Crippen LogP contribution in [0.2, 0.25) is 0 Å². The average Bonchev–Trinajstić information content (AvgIpc) is 2.91. The minimum Gasteiger partial charge on any atom is -0.314 e. The van der Waals surface area contributed by atoms with E-state index in [1.54, 1.807) is 0 Å². The molecule has 3 heteroatoms. The summed E-state index contributed by atoms with van der Waals surface area (Å²) in [5, 5.41) is 8.27. The zero-order valence-corrected chi connectivity index (χ0v) is 12.3. The number of hydrogen-bond donors (Lipinski definition) is 1. The Balaban J connectivity index is 2.06. The molecule has 0 aromatic carbocycles. The van der Waals surface area contributed by atoms with Crippen LogP contribution in [0.5, 0.6) is 0 Å². The fourth-order valence-electron chi connectivity index (χ4n) is 3.05. The van der Waals surface area contributed by atoms with Gasteiger partial charge in [-0.15, -0.1) is 0 Å². The molecule has 0 radical (unpaired) electrons. The molecule has 1 N–H and O–H groups in total. The van der Waals surface area contributed by atoms with E-state index in [1.165, 1.54) is 42.6 Å². The molecule has 1 aliphatic carbocycles. The van der Waals surface area contributed by atoms with Crippen LogP contribution in [0.4, 0.5) is 0 Å². The fraction of sp³-hybridized carbons (Fsp3) is 0.800. The zero-order chi connectivity index (χ0) is 13.1. The molecule has 0 amide bonds. The maximum atomic E-state index is 4.78. The van der Waals surface area contributed by atoms with Crippen LogP contribution in [0.1, 0.15) is 62.5 Å². The smallest absolute Gasteiger partial charge is 0.0629 e. The van der Waals surface area contributed by atoms with Crippen LogP contribution in [0, 0.1) is 13.8 Å². The quantitative estimate of drug-likeness (QED) is 0.868. The van der Waals surface area contributed by atoms with Crippen LogP contribution in [0.3, 0.4) is 0 Å². The van der Waals surface area contributed by atoms with Gasteiger partial charge in [0.1, 0.15) is 0 Å². The van der Waals surface area contributed by atoms with Crippen LogP contribution in [0.25, 0.3) is 0 Å². The first-order chi connectivity index (χ1) is 8.59. The molecule has 1 heterocycles. The first kappa shape index (κ1) is 13.6. The second-order valence-electron chi connectivity index (χ2n) is 5.89. The number of nitrogens with one attached hydrogen (secondary N) is 1. The van der Waals surface area contributed by atoms with Crippen molar-refractivity contribution in [3.8, 4) is 0 Å². The van der Waals surface area contributed by atoms with Crippen LogP contribution in [-0.2, 0) is 6.42 Å². The van der Waals surface area contributed by atoms with E-state index < -0.39 is 0 Å². The molecule has 1 aliphatic rings. The van der Waals surface area contributed by atoms with E-state index in [-0.39, 0.29) is 0 Å². The summed E-state index contributed by atoms with van der Waals surface area (Å²) >= 11 is 0. The summed E-state index contributed by atoms with van der Waals surface area (Å²) in [4.78, 5) is 0. The Kier molecular flexibility index (Phi) is 4.44. The Morgan fingerprint density at radius 2 is 1.94 bits per heavy atom. The number of nitrogens with zero attached hydrogens (tertiary/aromatic N) is 2. The van der Waals surface area contributed by atoms with Gasteiger partial charge in [-0.3, -0.25) is 4.68 Å². The van der Waals surface area contributed by atoms with Gasteiger partial charge >= 0.3 is 0 Å². The van der Waals surface area contributed by atoms with Crippen molar-refractivity contribution in [2.45, 2.75) is 71.9 Å². The van der Waals surface area contributed by atoms with E-state index in [4.69, 9.17) is 5.10 Å². The van der Waals surface area contributed by atoms with Gasteiger partial charge in [0.05, 0.1) is 11.7 Å². The normalized spacial score (nSPS) is 16.9. The van der Waals surface area contributed by atoms with Crippen molar-refractivity contribution < 1.29 is 0 Å². The van der Waals surface area contributed by atoms with E-state index in [2.05, 4.69) is 37.7 Å². The summed E-state index contributed by atoms with van der Waals surface area (Å²) in [6.07, 6.45) is 6.46. The van der Waals surface area contributed by atoms with Crippen LogP contribution in [-0.4, -0.2) is 22.4 Å². The average molecular weight is 249 g/mol. The Labute approximate surface area is 111 Å². The summed E-state index contributed by atoms with van der Waals surface area (Å²) in [6, 6.07) is 1.23. The summed E-state index contributed by atoms with van der Waals surface area (Å²) < 4.78 is 2.30. The molecule has 0 aliphatic heterocycles. The predicted molar refractivity (Wildman–Crippen MR) is 76.0 cm³/mol. The molecule has 0 unspecified atom stereocenters. The topological polar surface area (TPSA) is 29.9 Å². The lowest BCUT2D eigenvalue weighted by molar-refractivity contribution is 0.454. The molecule has 3 nitrogen and oxygen atoms in total. The molecule has 0 saturated heterocycles. The second kappa shape index (κ2) is 5.87. The van der Waals surface area contributed by atoms with E-state index in [0.717, 1.165) is 13.0 Å². The van der Waals surface area contributed by atoms with Gasteiger partial charge in [-0.25, -0.2) is 0 Å². The van der Waals surface area contributed by atoms with Gasteiger partial charge in [0.2, 0.25) is 0 Å². The molecule has 2 rings (SSSR count). The number of rotatable bonds is 5. The zero-order valence-electron chi connectivity index (χ0n) is 12.3. The minimum atomic E-state index is 0.565. The third-order valence-electron chi connectivity index (χ3n) is 4.07. The van der Waals surface area contributed by atoms with Crippen molar-refractivity contribution in [2.75, 3.05) is 6.54 Å². The highest BCUT2D eigenvalue weighted by Crippen LogP contribution is 2.31. The SMILES string of the molecule is Cc1nn(C2CCCC2)c(C)c1CCNC(C)C. The third-order valence-corrected chi connectivity index (χ3v) is 4.07. The summed E-state index contributed by atoms with van der Waals surface area (Å²) in [5.41, 5.74) is 4.07.